The fraction of sp³-hybridized carbons (Fsp3) is 0.774. The van der Waals surface area contributed by atoms with Crippen molar-refractivity contribution in [3.05, 3.63) is 30.1 Å². The summed E-state index contributed by atoms with van der Waals surface area (Å²) in [7, 11) is 1.77. The first-order valence-electron chi connectivity index (χ1n) is 14.6. The van der Waals surface area contributed by atoms with Crippen LogP contribution in [0, 0.1) is 29.1 Å². The lowest BCUT2D eigenvalue weighted by atomic mass is 9.49. The number of carbonyl (C=O) groups is 2. The van der Waals surface area contributed by atoms with Crippen molar-refractivity contribution in [3.63, 3.8) is 0 Å². The largest absolute Gasteiger partial charge is 0.444 e. The van der Waals surface area contributed by atoms with E-state index in [4.69, 9.17) is 4.74 Å². The van der Waals surface area contributed by atoms with Crippen molar-refractivity contribution in [2.45, 2.75) is 97.5 Å². The van der Waals surface area contributed by atoms with Crippen LogP contribution in [0.15, 0.2) is 24.5 Å². The van der Waals surface area contributed by atoms with Crippen LogP contribution in [0.5, 0.6) is 0 Å². The number of nitrogens with zero attached hydrogens (tertiary/aromatic N) is 3. The lowest BCUT2D eigenvalue weighted by molar-refractivity contribution is -0.133. The minimum atomic E-state index is -0.524. The second-order valence-corrected chi connectivity index (χ2v) is 13.7. The van der Waals surface area contributed by atoms with Gasteiger partial charge in [-0.3, -0.25) is 9.78 Å². The maximum Gasteiger partial charge on any atom is 0.410 e. The van der Waals surface area contributed by atoms with Crippen LogP contribution >= 0.6 is 0 Å². The number of aromatic nitrogens is 1. The summed E-state index contributed by atoms with van der Waals surface area (Å²) in [4.78, 5) is 33.8. The van der Waals surface area contributed by atoms with Gasteiger partial charge in [0.1, 0.15) is 5.60 Å². The van der Waals surface area contributed by atoms with E-state index in [1.807, 2.05) is 33.2 Å². The van der Waals surface area contributed by atoms with Gasteiger partial charge in [0.05, 0.1) is 0 Å². The molecule has 4 aliphatic carbocycles. The van der Waals surface area contributed by atoms with Crippen molar-refractivity contribution in [1.29, 1.82) is 0 Å². The van der Waals surface area contributed by atoms with Gasteiger partial charge in [0, 0.05) is 45.5 Å². The molecule has 1 atom stereocenters. The standard InChI is InChI=1S/C31H49N3O3/c1-23(16-24-8-11-32-12-9-24)6-7-28(35)34(15-14-33(5)29(36)37-30(2,3)4)13-10-31-20-25-17-26(21-31)19-27(18-25)22-31/h8-9,11-12,23,25-27H,6-7,10,13-22H2,1-5H3. The maximum absolute atomic E-state index is 13.5. The third-order valence-electron chi connectivity index (χ3n) is 9.02. The first-order valence-corrected chi connectivity index (χ1v) is 14.6. The molecule has 1 unspecified atom stereocenters. The van der Waals surface area contributed by atoms with Gasteiger partial charge in [-0.05, 0) is 125 Å². The molecule has 0 aromatic carbocycles. The molecule has 37 heavy (non-hydrogen) atoms. The van der Waals surface area contributed by atoms with Gasteiger partial charge < -0.3 is 14.5 Å². The molecule has 6 nitrogen and oxygen atoms in total. The van der Waals surface area contributed by atoms with Crippen molar-refractivity contribution >= 4 is 12.0 Å². The molecule has 1 aromatic rings. The summed E-state index contributed by atoms with van der Waals surface area (Å²) >= 11 is 0. The van der Waals surface area contributed by atoms with Crippen molar-refractivity contribution in [2.75, 3.05) is 26.7 Å². The molecule has 4 fully saturated rings. The van der Waals surface area contributed by atoms with Crippen LogP contribution in [0.25, 0.3) is 0 Å². The van der Waals surface area contributed by atoms with Gasteiger partial charge in [-0.1, -0.05) is 6.92 Å². The summed E-state index contributed by atoms with van der Waals surface area (Å²) in [6, 6.07) is 4.12. The Balaban J connectivity index is 1.34. The van der Waals surface area contributed by atoms with Gasteiger partial charge >= 0.3 is 6.09 Å². The smallest absolute Gasteiger partial charge is 0.410 e. The van der Waals surface area contributed by atoms with Gasteiger partial charge in [-0.2, -0.15) is 0 Å². The minimum absolute atomic E-state index is 0.226. The second kappa shape index (κ2) is 11.7. The van der Waals surface area contributed by atoms with E-state index in [9.17, 15) is 9.59 Å². The van der Waals surface area contributed by atoms with E-state index in [0.717, 1.165) is 43.6 Å². The Kier molecular flexibility index (Phi) is 8.85. The Labute approximate surface area is 224 Å². The quantitative estimate of drug-likeness (QED) is 0.348. The average Bonchev–Trinajstić information content (AvgIpc) is 2.81. The Hall–Kier alpha value is -2.11. The SMILES string of the molecule is CC(CCC(=O)N(CCN(C)C(=O)OC(C)(C)C)CCC12CC3CC(CC(C3)C1)C2)Cc1ccncc1. The van der Waals surface area contributed by atoms with Crippen LogP contribution in [-0.4, -0.2) is 59.1 Å². The number of hydrogen-bond acceptors (Lipinski definition) is 4. The van der Waals surface area contributed by atoms with Crippen molar-refractivity contribution in [3.8, 4) is 0 Å². The van der Waals surface area contributed by atoms with Crippen LogP contribution in [0.1, 0.15) is 91.0 Å². The Morgan fingerprint density at radius 1 is 1.03 bits per heavy atom. The highest BCUT2D eigenvalue weighted by Gasteiger charge is 2.50. The average molecular weight is 512 g/mol. The summed E-state index contributed by atoms with van der Waals surface area (Å²) in [5.74, 6) is 3.41. The summed E-state index contributed by atoms with van der Waals surface area (Å²) in [6.45, 7) is 9.75. The minimum Gasteiger partial charge on any atom is -0.444 e. The molecular formula is C31H49N3O3. The number of hydrogen-bond donors (Lipinski definition) is 0. The number of likely N-dealkylation sites (N-methyl/N-ethyl adjacent to an activating group) is 1. The van der Waals surface area contributed by atoms with E-state index in [1.165, 1.54) is 44.1 Å². The molecule has 0 N–H and O–H groups in total. The van der Waals surface area contributed by atoms with Gasteiger partial charge in [0.2, 0.25) is 5.91 Å². The van der Waals surface area contributed by atoms with Crippen LogP contribution in [0.4, 0.5) is 4.79 Å². The number of amides is 2. The fourth-order valence-electron chi connectivity index (χ4n) is 7.58. The first kappa shape index (κ1) is 27.9. The van der Waals surface area contributed by atoms with Crippen molar-refractivity contribution in [1.82, 2.24) is 14.8 Å². The number of carbonyl (C=O) groups excluding carboxylic acids is 2. The van der Waals surface area contributed by atoms with E-state index < -0.39 is 5.60 Å². The van der Waals surface area contributed by atoms with Gasteiger partial charge in [0.15, 0.2) is 0 Å². The zero-order valence-corrected chi connectivity index (χ0v) is 23.9. The zero-order valence-electron chi connectivity index (χ0n) is 23.9. The molecule has 0 aliphatic heterocycles. The molecule has 206 valence electrons. The lowest BCUT2D eigenvalue weighted by Gasteiger charge is -2.57. The molecule has 6 heteroatoms. The van der Waals surface area contributed by atoms with E-state index in [2.05, 4.69) is 28.9 Å². The zero-order chi connectivity index (χ0) is 26.6. The molecule has 0 spiro atoms. The number of pyridine rings is 1. The molecule has 0 radical (unpaired) electrons. The van der Waals surface area contributed by atoms with Gasteiger partial charge in [0.25, 0.3) is 0 Å². The third kappa shape index (κ3) is 7.94. The fourth-order valence-corrected chi connectivity index (χ4v) is 7.58. The van der Waals surface area contributed by atoms with Crippen molar-refractivity contribution in [2.24, 2.45) is 29.1 Å². The summed E-state index contributed by atoms with van der Waals surface area (Å²) in [5, 5.41) is 0. The molecule has 4 aliphatic rings. The normalized spacial score (nSPS) is 27.1. The summed E-state index contributed by atoms with van der Waals surface area (Å²) in [5.41, 5.74) is 1.19. The number of ether oxygens (including phenoxy) is 1. The lowest BCUT2D eigenvalue weighted by Crippen LogP contribution is -2.48. The highest BCUT2D eigenvalue weighted by atomic mass is 16.6. The Bertz CT molecular complexity index is 875. The van der Waals surface area contributed by atoms with Gasteiger partial charge in [-0.15, -0.1) is 0 Å². The highest BCUT2D eigenvalue weighted by molar-refractivity contribution is 5.76. The molecule has 5 rings (SSSR count). The van der Waals surface area contributed by atoms with E-state index in [-0.39, 0.29) is 12.0 Å². The highest BCUT2D eigenvalue weighted by Crippen LogP contribution is 2.61. The van der Waals surface area contributed by atoms with E-state index in [1.54, 1.807) is 11.9 Å². The van der Waals surface area contributed by atoms with Crippen LogP contribution in [0.3, 0.4) is 0 Å². The van der Waals surface area contributed by atoms with E-state index in [0.29, 0.717) is 30.8 Å². The first-order chi connectivity index (χ1) is 17.5. The third-order valence-corrected chi connectivity index (χ3v) is 9.02. The second-order valence-electron chi connectivity index (χ2n) is 13.7. The predicted molar refractivity (Wildman–Crippen MR) is 147 cm³/mol. The predicted octanol–water partition coefficient (Wildman–Crippen LogP) is 6.34. The molecule has 2 amide bonds. The van der Waals surface area contributed by atoms with Crippen LogP contribution in [-0.2, 0) is 16.0 Å². The topological polar surface area (TPSA) is 62.7 Å². The molecule has 1 aromatic heterocycles. The van der Waals surface area contributed by atoms with Crippen LogP contribution in [0.2, 0.25) is 0 Å². The molecular weight excluding hydrogens is 462 g/mol. The Morgan fingerprint density at radius 2 is 1.62 bits per heavy atom. The van der Waals surface area contributed by atoms with Gasteiger partial charge in [-0.25, -0.2) is 4.79 Å². The monoisotopic (exact) mass is 511 g/mol. The Morgan fingerprint density at radius 3 is 2.19 bits per heavy atom. The molecule has 1 heterocycles. The molecule has 4 bridgehead atoms. The van der Waals surface area contributed by atoms with Crippen molar-refractivity contribution < 1.29 is 14.3 Å². The van der Waals surface area contributed by atoms with Crippen LogP contribution < -0.4 is 0 Å². The maximum atomic E-state index is 13.5. The summed E-state index contributed by atoms with van der Waals surface area (Å²) in [6.07, 6.45) is 15.3. The molecule has 4 saturated carbocycles. The summed E-state index contributed by atoms with van der Waals surface area (Å²) < 4.78 is 5.53. The number of rotatable bonds is 11. The molecule has 0 saturated heterocycles. The van der Waals surface area contributed by atoms with E-state index >= 15 is 0 Å².